The first-order valence-electron chi connectivity index (χ1n) is 11.9. The molecule has 0 aliphatic rings. The summed E-state index contributed by atoms with van der Waals surface area (Å²) < 4.78 is 44.1. The zero-order valence-corrected chi connectivity index (χ0v) is 20.5. The molecule has 1 unspecified atom stereocenters. The number of hydrogen-bond donors (Lipinski definition) is 1. The maximum Gasteiger partial charge on any atom is 0.416 e. The van der Waals surface area contributed by atoms with Crippen LogP contribution in [-0.4, -0.2) is 17.8 Å². The zero-order chi connectivity index (χ0) is 27.3. The molecular formula is C29H25F3N2O4. The SMILES string of the molecule is COc1ccc2cc(CCC(=O)CC(Nc3ccc(C(F)(F)F)cc3)c3ccc([N+](=O)[O-])cc3)ccc2c1. The minimum absolute atomic E-state index is 0.0532. The van der Waals surface area contributed by atoms with Crippen molar-refractivity contribution < 1.29 is 27.6 Å². The molecule has 0 radical (unpaired) electrons. The topological polar surface area (TPSA) is 81.5 Å². The number of ether oxygens (including phenoxy) is 1. The van der Waals surface area contributed by atoms with Gasteiger partial charge >= 0.3 is 6.18 Å². The molecule has 0 bridgehead atoms. The van der Waals surface area contributed by atoms with Crippen molar-refractivity contribution in [2.24, 2.45) is 0 Å². The molecule has 38 heavy (non-hydrogen) atoms. The van der Waals surface area contributed by atoms with Gasteiger partial charge in [0, 0.05) is 30.7 Å². The van der Waals surface area contributed by atoms with Crippen molar-refractivity contribution >= 4 is 27.9 Å². The smallest absolute Gasteiger partial charge is 0.416 e. The molecule has 4 aromatic rings. The number of anilines is 1. The van der Waals surface area contributed by atoms with Gasteiger partial charge in [-0.2, -0.15) is 13.2 Å². The van der Waals surface area contributed by atoms with Gasteiger partial charge in [-0.1, -0.05) is 36.4 Å². The van der Waals surface area contributed by atoms with Gasteiger partial charge in [0.05, 0.1) is 23.6 Å². The first-order valence-corrected chi connectivity index (χ1v) is 11.9. The second-order valence-corrected chi connectivity index (χ2v) is 8.91. The standard InChI is InChI=1S/C29H25F3N2O4/c1-38-27-15-7-21-16-19(2-4-22(21)17-27)3-14-26(35)18-28(20-5-12-25(13-6-20)34(36)37)33-24-10-8-23(9-11-24)29(30,31)32/h2,4-13,15-17,28,33H,3,14,18H2,1H3. The van der Waals surface area contributed by atoms with Gasteiger partial charge in [0.25, 0.3) is 5.69 Å². The summed E-state index contributed by atoms with van der Waals surface area (Å²) in [6, 6.07) is 21.5. The highest BCUT2D eigenvalue weighted by molar-refractivity contribution is 5.85. The van der Waals surface area contributed by atoms with Crippen molar-refractivity contribution in [3.8, 4) is 5.75 Å². The van der Waals surface area contributed by atoms with Crippen molar-refractivity contribution in [1.29, 1.82) is 0 Å². The number of nitrogens with zero attached hydrogens (tertiary/aromatic N) is 1. The number of Topliss-reactive ketones (excluding diaryl/α,β-unsaturated/α-hetero) is 1. The van der Waals surface area contributed by atoms with E-state index in [1.54, 1.807) is 19.2 Å². The first-order chi connectivity index (χ1) is 18.1. The Kier molecular flexibility index (Phi) is 7.95. The fourth-order valence-electron chi connectivity index (χ4n) is 4.21. The molecule has 1 atom stereocenters. The van der Waals surface area contributed by atoms with Crippen LogP contribution in [0.5, 0.6) is 5.75 Å². The highest BCUT2D eigenvalue weighted by atomic mass is 19.4. The first kappa shape index (κ1) is 26.7. The van der Waals surface area contributed by atoms with Crippen molar-refractivity contribution in [2.75, 3.05) is 12.4 Å². The Hall–Kier alpha value is -4.40. The molecule has 0 heterocycles. The third-order valence-electron chi connectivity index (χ3n) is 6.30. The molecule has 0 saturated heterocycles. The molecule has 0 fully saturated rings. The Balaban J connectivity index is 1.48. The molecule has 9 heteroatoms. The average Bonchev–Trinajstić information content (AvgIpc) is 2.91. The van der Waals surface area contributed by atoms with E-state index in [0.29, 0.717) is 17.7 Å². The van der Waals surface area contributed by atoms with Gasteiger partial charge in [0.15, 0.2) is 0 Å². The number of methoxy groups -OCH3 is 1. The van der Waals surface area contributed by atoms with Crippen molar-refractivity contribution in [3.63, 3.8) is 0 Å². The van der Waals surface area contributed by atoms with Gasteiger partial charge in [-0.15, -0.1) is 0 Å². The molecule has 4 rings (SSSR count). The van der Waals surface area contributed by atoms with E-state index in [4.69, 9.17) is 4.74 Å². The second kappa shape index (κ2) is 11.3. The van der Waals surface area contributed by atoms with E-state index in [2.05, 4.69) is 5.32 Å². The lowest BCUT2D eigenvalue weighted by Gasteiger charge is -2.20. The number of alkyl halides is 3. The van der Waals surface area contributed by atoms with Crippen LogP contribution < -0.4 is 10.1 Å². The van der Waals surface area contributed by atoms with E-state index in [-0.39, 0.29) is 24.3 Å². The van der Waals surface area contributed by atoms with E-state index in [1.165, 1.54) is 24.3 Å². The van der Waals surface area contributed by atoms with Crippen LogP contribution in [0.3, 0.4) is 0 Å². The number of nitro groups is 1. The lowest BCUT2D eigenvalue weighted by atomic mass is 9.96. The largest absolute Gasteiger partial charge is 0.497 e. The molecular weight excluding hydrogens is 497 g/mol. The lowest BCUT2D eigenvalue weighted by molar-refractivity contribution is -0.384. The Morgan fingerprint density at radius 3 is 2.24 bits per heavy atom. The van der Waals surface area contributed by atoms with Crippen molar-refractivity contribution in [3.05, 3.63) is 112 Å². The summed E-state index contributed by atoms with van der Waals surface area (Å²) in [5.74, 6) is 0.709. The average molecular weight is 523 g/mol. The number of aryl methyl sites for hydroxylation is 1. The van der Waals surface area contributed by atoms with Gasteiger partial charge in [-0.05, 0) is 64.7 Å². The third kappa shape index (κ3) is 6.67. The number of carbonyl (C=O) groups is 1. The summed E-state index contributed by atoms with van der Waals surface area (Å²) in [5, 5.41) is 16.2. The Bertz CT molecular complexity index is 1440. The molecule has 0 aliphatic carbocycles. The van der Waals surface area contributed by atoms with Crippen LogP contribution in [0.4, 0.5) is 24.5 Å². The predicted octanol–water partition coefficient (Wildman–Crippen LogP) is 7.52. The molecule has 6 nitrogen and oxygen atoms in total. The Morgan fingerprint density at radius 1 is 0.947 bits per heavy atom. The maximum absolute atomic E-state index is 13.0. The lowest BCUT2D eigenvalue weighted by Crippen LogP contribution is -2.16. The molecule has 0 aliphatic heterocycles. The summed E-state index contributed by atoms with van der Waals surface area (Å²) in [6.45, 7) is 0. The van der Waals surface area contributed by atoms with Gasteiger partial charge in [-0.3, -0.25) is 14.9 Å². The fraction of sp³-hybridized carbons (Fsp3) is 0.207. The van der Waals surface area contributed by atoms with Gasteiger partial charge in [0.1, 0.15) is 11.5 Å². The zero-order valence-electron chi connectivity index (χ0n) is 20.5. The highest BCUT2D eigenvalue weighted by Gasteiger charge is 2.30. The van der Waals surface area contributed by atoms with Crippen molar-refractivity contribution in [1.82, 2.24) is 0 Å². The summed E-state index contributed by atoms with van der Waals surface area (Å²) in [7, 11) is 1.61. The summed E-state index contributed by atoms with van der Waals surface area (Å²) in [6.07, 6.45) is -3.61. The number of ketones is 1. The molecule has 0 spiro atoms. The number of fused-ring (bicyclic) bond motifs is 1. The minimum atomic E-state index is -4.46. The van der Waals surface area contributed by atoms with Crippen LogP contribution in [0.1, 0.15) is 35.6 Å². The number of non-ortho nitro benzene ring substituents is 1. The molecule has 4 aromatic carbocycles. The van der Waals surface area contributed by atoms with Crippen LogP contribution in [-0.2, 0) is 17.4 Å². The van der Waals surface area contributed by atoms with E-state index in [0.717, 1.165) is 34.2 Å². The quantitative estimate of drug-likeness (QED) is 0.172. The summed E-state index contributed by atoms with van der Waals surface area (Å²) >= 11 is 0. The number of nitrogens with one attached hydrogen (secondary N) is 1. The normalized spacial score (nSPS) is 12.2. The predicted molar refractivity (Wildman–Crippen MR) is 139 cm³/mol. The van der Waals surface area contributed by atoms with Gasteiger partial charge < -0.3 is 10.1 Å². The number of nitro benzene ring substituents is 1. The molecule has 0 amide bonds. The van der Waals surface area contributed by atoms with E-state index in [9.17, 15) is 28.1 Å². The Labute approximate surface area is 217 Å². The van der Waals surface area contributed by atoms with E-state index >= 15 is 0 Å². The second-order valence-electron chi connectivity index (χ2n) is 8.91. The molecule has 0 aromatic heterocycles. The van der Waals surface area contributed by atoms with E-state index in [1.807, 2.05) is 36.4 Å². The fourth-order valence-corrected chi connectivity index (χ4v) is 4.21. The van der Waals surface area contributed by atoms with Crippen molar-refractivity contribution in [2.45, 2.75) is 31.5 Å². The summed E-state index contributed by atoms with van der Waals surface area (Å²) in [4.78, 5) is 23.5. The number of rotatable bonds is 10. The molecule has 1 N–H and O–H groups in total. The van der Waals surface area contributed by atoms with Crippen LogP contribution >= 0.6 is 0 Å². The van der Waals surface area contributed by atoms with Gasteiger partial charge in [-0.25, -0.2) is 0 Å². The highest BCUT2D eigenvalue weighted by Crippen LogP contribution is 2.31. The summed E-state index contributed by atoms with van der Waals surface area (Å²) in [5.41, 5.74) is 1.14. The molecule has 196 valence electrons. The third-order valence-corrected chi connectivity index (χ3v) is 6.30. The van der Waals surface area contributed by atoms with E-state index < -0.39 is 22.7 Å². The maximum atomic E-state index is 13.0. The van der Waals surface area contributed by atoms with Crippen LogP contribution in [0, 0.1) is 10.1 Å². The Morgan fingerprint density at radius 2 is 1.61 bits per heavy atom. The van der Waals surface area contributed by atoms with Crippen LogP contribution in [0.25, 0.3) is 10.8 Å². The number of benzene rings is 4. The monoisotopic (exact) mass is 522 g/mol. The number of halogens is 3. The molecule has 0 saturated carbocycles. The van der Waals surface area contributed by atoms with Crippen LogP contribution in [0.2, 0.25) is 0 Å². The minimum Gasteiger partial charge on any atom is -0.497 e. The number of hydrogen-bond acceptors (Lipinski definition) is 5. The van der Waals surface area contributed by atoms with Gasteiger partial charge in [0.2, 0.25) is 0 Å². The number of carbonyl (C=O) groups excluding carboxylic acids is 1. The van der Waals surface area contributed by atoms with Crippen LogP contribution in [0.15, 0.2) is 84.9 Å².